The van der Waals surface area contributed by atoms with Crippen LogP contribution in [0.5, 0.6) is 0 Å². The van der Waals surface area contributed by atoms with Crippen molar-refractivity contribution in [2.75, 3.05) is 7.05 Å². The van der Waals surface area contributed by atoms with Crippen LogP contribution in [0.1, 0.15) is 39.0 Å². The van der Waals surface area contributed by atoms with Gasteiger partial charge in [0, 0.05) is 13.3 Å². The van der Waals surface area contributed by atoms with E-state index in [0.717, 1.165) is 6.42 Å². The van der Waals surface area contributed by atoms with Crippen molar-refractivity contribution in [1.82, 2.24) is 5.43 Å². The highest BCUT2D eigenvalue weighted by Crippen LogP contribution is 1.99. The summed E-state index contributed by atoms with van der Waals surface area (Å²) < 4.78 is 0. The van der Waals surface area contributed by atoms with E-state index in [1.54, 1.807) is 0 Å². The molecular weight excluding hydrogens is 124 g/mol. The Bertz CT molecular complexity index is 79.3. The molecule has 0 saturated heterocycles. The predicted molar refractivity (Wildman–Crippen MR) is 46.3 cm³/mol. The smallest absolute Gasteiger partial charge is 0.0242 e. The molecule has 0 spiro atoms. The number of hydrazone groups is 1. The van der Waals surface area contributed by atoms with Crippen molar-refractivity contribution in [1.29, 1.82) is 0 Å². The van der Waals surface area contributed by atoms with Gasteiger partial charge in [0.25, 0.3) is 0 Å². The zero-order valence-corrected chi connectivity index (χ0v) is 7.06. The minimum Gasteiger partial charge on any atom is -0.313 e. The zero-order chi connectivity index (χ0) is 7.66. The standard InChI is InChI=1S/C8H18N2/c1-3-4-5-6-7-8-10-9-2/h8-9H,3-7H2,1-2H3/b10-8+. The van der Waals surface area contributed by atoms with Crippen LogP contribution < -0.4 is 5.43 Å². The maximum atomic E-state index is 3.89. The zero-order valence-electron chi connectivity index (χ0n) is 7.06. The number of nitrogens with one attached hydrogen (secondary N) is 1. The Morgan fingerprint density at radius 3 is 2.70 bits per heavy atom. The SMILES string of the molecule is CCCCCC/C=N/NC. The van der Waals surface area contributed by atoms with E-state index in [-0.39, 0.29) is 0 Å². The average molecular weight is 142 g/mol. The van der Waals surface area contributed by atoms with Crippen LogP contribution in [-0.2, 0) is 0 Å². The van der Waals surface area contributed by atoms with Crippen molar-refractivity contribution in [3.63, 3.8) is 0 Å². The molecule has 0 aromatic heterocycles. The largest absolute Gasteiger partial charge is 0.313 e. The van der Waals surface area contributed by atoms with Gasteiger partial charge in [0.2, 0.25) is 0 Å². The van der Waals surface area contributed by atoms with Crippen LogP contribution >= 0.6 is 0 Å². The lowest BCUT2D eigenvalue weighted by Crippen LogP contribution is -1.93. The van der Waals surface area contributed by atoms with Gasteiger partial charge in [0.05, 0.1) is 0 Å². The molecule has 0 heterocycles. The van der Waals surface area contributed by atoms with Crippen molar-refractivity contribution < 1.29 is 0 Å². The van der Waals surface area contributed by atoms with Crippen molar-refractivity contribution >= 4 is 6.21 Å². The summed E-state index contributed by atoms with van der Waals surface area (Å²) in [4.78, 5) is 0. The van der Waals surface area contributed by atoms with Gasteiger partial charge in [-0.2, -0.15) is 5.10 Å². The molecule has 1 N–H and O–H groups in total. The van der Waals surface area contributed by atoms with Crippen LogP contribution in [0.4, 0.5) is 0 Å². The molecule has 0 aromatic carbocycles. The van der Waals surface area contributed by atoms with Gasteiger partial charge >= 0.3 is 0 Å². The topological polar surface area (TPSA) is 24.4 Å². The first kappa shape index (κ1) is 9.47. The molecule has 10 heavy (non-hydrogen) atoms. The molecule has 0 aromatic rings. The first-order chi connectivity index (χ1) is 4.91. The number of hydrogen-bond acceptors (Lipinski definition) is 2. The van der Waals surface area contributed by atoms with E-state index in [9.17, 15) is 0 Å². The molecular formula is C8H18N2. The summed E-state index contributed by atoms with van der Waals surface area (Å²) in [6, 6.07) is 0. The lowest BCUT2D eigenvalue weighted by molar-refractivity contribution is 0.684. The molecule has 0 aliphatic carbocycles. The van der Waals surface area contributed by atoms with Gasteiger partial charge in [-0.1, -0.05) is 26.2 Å². The third-order valence-electron chi connectivity index (χ3n) is 1.41. The summed E-state index contributed by atoms with van der Waals surface area (Å²) in [5.41, 5.74) is 2.73. The van der Waals surface area contributed by atoms with Gasteiger partial charge in [-0.25, -0.2) is 0 Å². The number of hydrogen-bond donors (Lipinski definition) is 1. The normalized spacial score (nSPS) is 10.6. The minimum atomic E-state index is 1.11. The highest BCUT2D eigenvalue weighted by Gasteiger charge is 1.83. The Hall–Kier alpha value is -0.530. The molecule has 0 atom stereocenters. The van der Waals surface area contributed by atoms with Gasteiger partial charge in [0.1, 0.15) is 0 Å². The van der Waals surface area contributed by atoms with E-state index in [1.807, 2.05) is 13.3 Å². The molecule has 0 bridgehead atoms. The molecule has 0 rings (SSSR count). The summed E-state index contributed by atoms with van der Waals surface area (Å²) in [6.45, 7) is 2.22. The Morgan fingerprint density at radius 2 is 2.10 bits per heavy atom. The molecule has 0 fully saturated rings. The predicted octanol–water partition coefficient (Wildman–Crippen LogP) is 2.16. The second-order valence-electron chi connectivity index (χ2n) is 2.38. The van der Waals surface area contributed by atoms with E-state index in [4.69, 9.17) is 0 Å². The van der Waals surface area contributed by atoms with E-state index >= 15 is 0 Å². The van der Waals surface area contributed by atoms with Gasteiger partial charge < -0.3 is 5.43 Å². The fourth-order valence-electron chi connectivity index (χ4n) is 0.818. The van der Waals surface area contributed by atoms with Crippen LogP contribution in [0.3, 0.4) is 0 Å². The second kappa shape index (κ2) is 8.47. The summed E-state index contributed by atoms with van der Waals surface area (Å²) in [5, 5.41) is 3.89. The monoisotopic (exact) mass is 142 g/mol. The summed E-state index contributed by atoms with van der Waals surface area (Å²) >= 11 is 0. The minimum absolute atomic E-state index is 1.11. The molecule has 0 aliphatic rings. The Balaban J connectivity index is 2.83. The Morgan fingerprint density at radius 1 is 1.30 bits per heavy atom. The number of unbranched alkanes of at least 4 members (excludes halogenated alkanes) is 4. The van der Waals surface area contributed by atoms with Gasteiger partial charge in [0.15, 0.2) is 0 Å². The summed E-state index contributed by atoms with van der Waals surface area (Å²) in [6.07, 6.45) is 8.33. The van der Waals surface area contributed by atoms with Crippen molar-refractivity contribution in [3.05, 3.63) is 0 Å². The number of nitrogens with zero attached hydrogens (tertiary/aromatic N) is 1. The maximum absolute atomic E-state index is 3.89. The molecule has 60 valence electrons. The fraction of sp³-hybridized carbons (Fsp3) is 0.875. The van der Waals surface area contributed by atoms with Crippen LogP contribution in [0, 0.1) is 0 Å². The van der Waals surface area contributed by atoms with E-state index in [2.05, 4.69) is 17.5 Å². The highest BCUT2D eigenvalue weighted by molar-refractivity contribution is 5.56. The van der Waals surface area contributed by atoms with Crippen LogP contribution in [0.15, 0.2) is 5.10 Å². The molecule has 0 amide bonds. The number of rotatable bonds is 6. The van der Waals surface area contributed by atoms with Crippen LogP contribution in [0.25, 0.3) is 0 Å². The quantitative estimate of drug-likeness (QED) is 0.343. The Labute approximate surface area is 63.7 Å². The third kappa shape index (κ3) is 7.47. The molecule has 2 heteroatoms. The Kier molecular flexibility index (Phi) is 8.02. The van der Waals surface area contributed by atoms with Crippen LogP contribution in [0.2, 0.25) is 0 Å². The van der Waals surface area contributed by atoms with E-state index in [0.29, 0.717) is 0 Å². The molecule has 2 nitrogen and oxygen atoms in total. The van der Waals surface area contributed by atoms with Gasteiger partial charge in [-0.15, -0.1) is 0 Å². The van der Waals surface area contributed by atoms with E-state index < -0.39 is 0 Å². The highest BCUT2D eigenvalue weighted by atomic mass is 15.3. The van der Waals surface area contributed by atoms with Crippen molar-refractivity contribution in [2.24, 2.45) is 5.10 Å². The van der Waals surface area contributed by atoms with E-state index in [1.165, 1.54) is 25.7 Å². The molecule has 0 unspecified atom stereocenters. The first-order valence-electron chi connectivity index (χ1n) is 4.10. The fourth-order valence-corrected chi connectivity index (χ4v) is 0.818. The summed E-state index contributed by atoms with van der Waals surface area (Å²) in [7, 11) is 1.82. The lowest BCUT2D eigenvalue weighted by atomic mass is 10.2. The van der Waals surface area contributed by atoms with Crippen molar-refractivity contribution in [2.45, 2.75) is 39.0 Å². The van der Waals surface area contributed by atoms with Crippen molar-refractivity contribution in [3.8, 4) is 0 Å². The average Bonchev–Trinajstić information content (AvgIpc) is 1.97. The molecule has 0 saturated carbocycles. The molecule has 0 aliphatic heterocycles. The van der Waals surface area contributed by atoms with Gasteiger partial charge in [-0.05, 0) is 12.8 Å². The third-order valence-corrected chi connectivity index (χ3v) is 1.41. The maximum Gasteiger partial charge on any atom is 0.0242 e. The van der Waals surface area contributed by atoms with Gasteiger partial charge in [-0.3, -0.25) is 0 Å². The second-order valence-corrected chi connectivity index (χ2v) is 2.38. The molecule has 0 radical (unpaired) electrons. The summed E-state index contributed by atoms with van der Waals surface area (Å²) in [5.74, 6) is 0. The first-order valence-corrected chi connectivity index (χ1v) is 4.10. The lowest BCUT2D eigenvalue weighted by Gasteiger charge is -1.92. The van der Waals surface area contributed by atoms with Crippen LogP contribution in [-0.4, -0.2) is 13.3 Å².